The zero-order chi connectivity index (χ0) is 23.3. The average Bonchev–Trinajstić information content (AvgIpc) is 2.75. The third-order valence-electron chi connectivity index (χ3n) is 4.47. The minimum Gasteiger partial charge on any atom is -0.490 e. The summed E-state index contributed by atoms with van der Waals surface area (Å²) in [5.41, 5.74) is 1.22. The van der Waals surface area contributed by atoms with Gasteiger partial charge in [0.05, 0.1) is 10.2 Å². The number of urea groups is 1. The molecule has 1 saturated heterocycles. The van der Waals surface area contributed by atoms with Crippen molar-refractivity contribution in [3.63, 3.8) is 0 Å². The van der Waals surface area contributed by atoms with E-state index in [9.17, 15) is 14.4 Å². The standard InChI is InChI=1S/C23H20ClIN2O5/c1-3-9-27-22(29)16(21(28)26-23(27)30)10-14-11-18(25)20(19(12-14)31-4-2)32-13-15-7-5-6-8-17(15)24/h3,5-8,10-12H,1,4,9,13H2,2H3,(H,26,28,30)/b16-10-. The van der Waals surface area contributed by atoms with Crippen LogP contribution in [-0.2, 0) is 16.2 Å². The van der Waals surface area contributed by atoms with Gasteiger partial charge in [-0.3, -0.25) is 19.8 Å². The second-order valence-corrected chi connectivity index (χ2v) is 8.23. The van der Waals surface area contributed by atoms with Crippen molar-refractivity contribution in [2.75, 3.05) is 13.2 Å². The molecule has 2 aromatic carbocycles. The number of carbonyl (C=O) groups is 3. The van der Waals surface area contributed by atoms with Crippen LogP contribution in [-0.4, -0.2) is 35.9 Å². The van der Waals surface area contributed by atoms with E-state index in [-0.39, 0.29) is 18.7 Å². The summed E-state index contributed by atoms with van der Waals surface area (Å²) >= 11 is 8.31. The predicted molar refractivity (Wildman–Crippen MR) is 130 cm³/mol. The fraction of sp³-hybridized carbons (Fsp3) is 0.174. The summed E-state index contributed by atoms with van der Waals surface area (Å²) in [7, 11) is 0. The highest BCUT2D eigenvalue weighted by Crippen LogP contribution is 2.36. The van der Waals surface area contributed by atoms with E-state index in [0.29, 0.717) is 28.7 Å². The molecule has 0 bridgehead atoms. The Morgan fingerprint density at radius 1 is 1.19 bits per heavy atom. The Kier molecular flexibility index (Phi) is 7.92. The van der Waals surface area contributed by atoms with Gasteiger partial charge in [-0.05, 0) is 59.4 Å². The molecule has 1 aliphatic heterocycles. The average molecular weight is 567 g/mol. The van der Waals surface area contributed by atoms with Crippen LogP contribution in [0.2, 0.25) is 5.02 Å². The van der Waals surface area contributed by atoms with Crippen LogP contribution in [0.4, 0.5) is 4.79 Å². The molecule has 0 aromatic heterocycles. The minimum absolute atomic E-state index is 0.00809. The summed E-state index contributed by atoms with van der Waals surface area (Å²) in [6, 6.07) is 10.0. The highest BCUT2D eigenvalue weighted by Gasteiger charge is 2.35. The van der Waals surface area contributed by atoms with Crippen LogP contribution in [0.25, 0.3) is 6.08 Å². The normalized spacial score (nSPS) is 15.0. The molecular formula is C23H20ClIN2O5. The number of carbonyl (C=O) groups excluding carboxylic acids is 3. The van der Waals surface area contributed by atoms with Crippen LogP contribution in [0, 0.1) is 3.57 Å². The van der Waals surface area contributed by atoms with Crippen LogP contribution in [0.3, 0.4) is 0 Å². The van der Waals surface area contributed by atoms with Crippen LogP contribution < -0.4 is 14.8 Å². The number of halogens is 2. The number of nitrogens with zero attached hydrogens (tertiary/aromatic N) is 1. The Labute approximate surface area is 204 Å². The third-order valence-corrected chi connectivity index (χ3v) is 5.64. The molecule has 32 heavy (non-hydrogen) atoms. The van der Waals surface area contributed by atoms with Gasteiger partial charge in [-0.25, -0.2) is 4.79 Å². The molecule has 0 unspecified atom stereocenters. The van der Waals surface area contributed by atoms with Gasteiger partial charge < -0.3 is 9.47 Å². The molecule has 0 spiro atoms. The molecular weight excluding hydrogens is 547 g/mol. The number of barbiturate groups is 1. The maximum atomic E-state index is 12.7. The number of nitrogens with one attached hydrogen (secondary N) is 1. The molecule has 1 aliphatic rings. The topological polar surface area (TPSA) is 84.9 Å². The maximum absolute atomic E-state index is 12.7. The van der Waals surface area contributed by atoms with Crippen LogP contribution in [0.5, 0.6) is 11.5 Å². The van der Waals surface area contributed by atoms with E-state index in [1.807, 2.05) is 25.1 Å². The molecule has 2 aromatic rings. The molecule has 9 heteroatoms. The van der Waals surface area contributed by atoms with Crippen molar-refractivity contribution < 1.29 is 23.9 Å². The maximum Gasteiger partial charge on any atom is 0.331 e. The van der Waals surface area contributed by atoms with E-state index in [2.05, 4.69) is 34.5 Å². The second kappa shape index (κ2) is 10.6. The minimum atomic E-state index is -0.773. The lowest BCUT2D eigenvalue weighted by Crippen LogP contribution is -2.54. The fourth-order valence-corrected chi connectivity index (χ4v) is 3.97. The van der Waals surface area contributed by atoms with Gasteiger partial charge in [0, 0.05) is 17.1 Å². The summed E-state index contributed by atoms with van der Waals surface area (Å²) in [6.45, 7) is 6.00. The monoisotopic (exact) mass is 566 g/mol. The van der Waals surface area contributed by atoms with E-state index < -0.39 is 17.8 Å². The first-order chi connectivity index (χ1) is 15.3. The number of hydrogen-bond donors (Lipinski definition) is 1. The molecule has 1 N–H and O–H groups in total. The van der Waals surface area contributed by atoms with Crippen molar-refractivity contribution in [3.05, 3.63) is 74.3 Å². The van der Waals surface area contributed by atoms with Crippen LogP contribution in [0.1, 0.15) is 18.1 Å². The number of amides is 4. The zero-order valence-electron chi connectivity index (χ0n) is 17.2. The molecule has 0 atom stereocenters. The number of ether oxygens (including phenoxy) is 2. The molecule has 7 nitrogen and oxygen atoms in total. The molecule has 0 saturated carbocycles. The first-order valence-corrected chi connectivity index (χ1v) is 11.1. The highest BCUT2D eigenvalue weighted by atomic mass is 127. The summed E-state index contributed by atoms with van der Waals surface area (Å²) in [6.07, 6.45) is 2.83. The molecule has 1 heterocycles. The SMILES string of the molecule is C=CCN1C(=O)NC(=O)/C(=C/c2cc(I)c(OCc3ccccc3Cl)c(OCC)c2)C1=O. The van der Waals surface area contributed by atoms with Gasteiger partial charge >= 0.3 is 6.03 Å². The summed E-state index contributed by atoms with van der Waals surface area (Å²) < 4.78 is 12.4. The van der Waals surface area contributed by atoms with Crippen LogP contribution in [0.15, 0.2) is 54.6 Å². The lowest BCUT2D eigenvalue weighted by atomic mass is 10.1. The van der Waals surface area contributed by atoms with E-state index in [1.165, 1.54) is 12.2 Å². The number of hydrogen-bond acceptors (Lipinski definition) is 5. The molecule has 4 amide bonds. The first kappa shape index (κ1) is 23.8. The number of benzene rings is 2. The number of imide groups is 2. The van der Waals surface area contributed by atoms with Crippen molar-refractivity contribution in [2.24, 2.45) is 0 Å². The van der Waals surface area contributed by atoms with E-state index in [0.717, 1.165) is 14.0 Å². The van der Waals surface area contributed by atoms with Gasteiger partial charge in [-0.15, -0.1) is 6.58 Å². The summed E-state index contributed by atoms with van der Waals surface area (Å²) in [4.78, 5) is 37.7. The van der Waals surface area contributed by atoms with Crippen LogP contribution >= 0.6 is 34.2 Å². The van der Waals surface area contributed by atoms with Gasteiger partial charge in [-0.2, -0.15) is 0 Å². The van der Waals surface area contributed by atoms with Crippen molar-refractivity contribution >= 4 is 58.1 Å². The van der Waals surface area contributed by atoms with E-state index in [1.54, 1.807) is 18.2 Å². The van der Waals surface area contributed by atoms with Crippen molar-refractivity contribution in [2.45, 2.75) is 13.5 Å². The van der Waals surface area contributed by atoms with E-state index >= 15 is 0 Å². The first-order valence-electron chi connectivity index (χ1n) is 9.68. The van der Waals surface area contributed by atoms with Crippen molar-refractivity contribution in [3.8, 4) is 11.5 Å². The largest absolute Gasteiger partial charge is 0.490 e. The summed E-state index contributed by atoms with van der Waals surface area (Å²) in [5, 5.41) is 2.76. The Hall–Kier alpha value is -2.85. The Balaban J connectivity index is 1.93. The Morgan fingerprint density at radius 3 is 2.62 bits per heavy atom. The lowest BCUT2D eigenvalue weighted by molar-refractivity contribution is -0.129. The fourth-order valence-electron chi connectivity index (χ4n) is 3.00. The Morgan fingerprint density at radius 2 is 1.94 bits per heavy atom. The highest BCUT2D eigenvalue weighted by molar-refractivity contribution is 14.1. The van der Waals surface area contributed by atoms with Gasteiger partial charge in [0.15, 0.2) is 11.5 Å². The van der Waals surface area contributed by atoms with Gasteiger partial charge in [0.25, 0.3) is 11.8 Å². The molecule has 1 fully saturated rings. The Bertz CT molecular complexity index is 1120. The zero-order valence-corrected chi connectivity index (χ0v) is 20.1. The molecule has 3 rings (SSSR count). The molecule has 0 aliphatic carbocycles. The van der Waals surface area contributed by atoms with Crippen molar-refractivity contribution in [1.82, 2.24) is 10.2 Å². The van der Waals surface area contributed by atoms with Gasteiger partial charge in [-0.1, -0.05) is 35.9 Å². The molecule has 166 valence electrons. The predicted octanol–water partition coefficient (Wildman–Crippen LogP) is 4.57. The smallest absolute Gasteiger partial charge is 0.331 e. The van der Waals surface area contributed by atoms with E-state index in [4.69, 9.17) is 21.1 Å². The molecule has 0 radical (unpaired) electrons. The van der Waals surface area contributed by atoms with Crippen molar-refractivity contribution in [1.29, 1.82) is 0 Å². The number of rotatable bonds is 8. The summed E-state index contributed by atoms with van der Waals surface area (Å²) in [5.74, 6) is -0.462. The third kappa shape index (κ3) is 5.31. The van der Waals surface area contributed by atoms with Gasteiger partial charge in [0.1, 0.15) is 12.2 Å². The lowest BCUT2D eigenvalue weighted by Gasteiger charge is -2.25. The second-order valence-electron chi connectivity index (χ2n) is 6.66. The van der Waals surface area contributed by atoms with Gasteiger partial charge in [0.2, 0.25) is 0 Å². The quantitative estimate of drug-likeness (QED) is 0.219.